The Labute approximate surface area is 99.5 Å². The van der Waals surface area contributed by atoms with Crippen molar-refractivity contribution >= 4 is 11.8 Å². The van der Waals surface area contributed by atoms with Crippen LogP contribution in [0.3, 0.4) is 0 Å². The molecule has 0 fully saturated rings. The Kier molecular flexibility index (Phi) is 2.91. The van der Waals surface area contributed by atoms with Gasteiger partial charge in [-0.15, -0.1) is 0 Å². The summed E-state index contributed by atoms with van der Waals surface area (Å²) in [6, 6.07) is 6.84. The van der Waals surface area contributed by atoms with Crippen LogP contribution in [0.1, 0.15) is 22.1 Å². The van der Waals surface area contributed by atoms with Crippen molar-refractivity contribution in [3.63, 3.8) is 0 Å². The maximum atomic E-state index is 11.3. The van der Waals surface area contributed by atoms with Crippen molar-refractivity contribution in [1.82, 2.24) is 4.90 Å². The fourth-order valence-corrected chi connectivity index (χ4v) is 1.31. The molecular formula is C9H8NNaO2. The number of amides is 2. The molecule has 0 radical (unpaired) electrons. The van der Waals surface area contributed by atoms with Crippen LogP contribution in [0.25, 0.3) is 0 Å². The van der Waals surface area contributed by atoms with Gasteiger partial charge in [0.15, 0.2) is 0 Å². The number of hydrogen-bond acceptors (Lipinski definition) is 2. The summed E-state index contributed by atoms with van der Waals surface area (Å²) in [6.45, 7) is 0. The Morgan fingerprint density at radius 3 is 1.85 bits per heavy atom. The molecule has 1 aromatic rings. The average molecular weight is 185 g/mol. The van der Waals surface area contributed by atoms with Crippen molar-refractivity contribution in [2.24, 2.45) is 0 Å². The van der Waals surface area contributed by atoms with Crippen molar-refractivity contribution in [3.8, 4) is 0 Å². The number of hydrogen-bond donors (Lipinski definition) is 0. The zero-order valence-electron chi connectivity index (χ0n) is 8.57. The van der Waals surface area contributed by atoms with Gasteiger partial charge in [-0.3, -0.25) is 14.5 Å². The van der Waals surface area contributed by atoms with Gasteiger partial charge in [0.25, 0.3) is 11.8 Å². The number of rotatable bonds is 0. The summed E-state index contributed by atoms with van der Waals surface area (Å²) < 4.78 is 0. The Morgan fingerprint density at radius 2 is 1.46 bits per heavy atom. The van der Waals surface area contributed by atoms with E-state index in [9.17, 15) is 9.59 Å². The molecular weight excluding hydrogens is 177 g/mol. The normalized spacial score (nSPS) is 14.1. The Balaban J connectivity index is 0.000000845. The minimum atomic E-state index is -0.212. The van der Waals surface area contributed by atoms with E-state index in [1.54, 1.807) is 24.3 Å². The Bertz CT molecular complexity index is 346. The molecule has 1 aliphatic heterocycles. The summed E-state index contributed by atoms with van der Waals surface area (Å²) in [6.07, 6.45) is 0. The first-order chi connectivity index (χ1) is 5.72. The van der Waals surface area contributed by atoms with Gasteiger partial charge >= 0.3 is 29.6 Å². The van der Waals surface area contributed by atoms with Crippen LogP contribution in [0.4, 0.5) is 0 Å². The van der Waals surface area contributed by atoms with E-state index in [0.717, 1.165) is 4.90 Å². The molecule has 13 heavy (non-hydrogen) atoms. The van der Waals surface area contributed by atoms with E-state index in [1.807, 2.05) is 0 Å². The monoisotopic (exact) mass is 185 g/mol. The van der Waals surface area contributed by atoms with E-state index in [2.05, 4.69) is 0 Å². The number of benzene rings is 1. The van der Waals surface area contributed by atoms with Crippen molar-refractivity contribution in [1.29, 1.82) is 0 Å². The first kappa shape index (κ1) is 10.4. The first-order valence-electron chi connectivity index (χ1n) is 3.63. The van der Waals surface area contributed by atoms with Crippen LogP contribution < -0.4 is 29.6 Å². The van der Waals surface area contributed by atoms with Gasteiger partial charge in [0.2, 0.25) is 0 Å². The minimum absolute atomic E-state index is 0. The molecule has 0 spiro atoms. The number of carbonyl (C=O) groups is 2. The number of imide groups is 1. The van der Waals surface area contributed by atoms with Gasteiger partial charge in [0.1, 0.15) is 0 Å². The number of fused-ring (bicyclic) bond motifs is 1. The first-order valence-corrected chi connectivity index (χ1v) is 3.63. The molecule has 3 nitrogen and oxygen atoms in total. The second kappa shape index (κ2) is 3.62. The third kappa shape index (κ3) is 1.43. The Morgan fingerprint density at radius 1 is 1.08 bits per heavy atom. The van der Waals surface area contributed by atoms with E-state index in [-0.39, 0.29) is 42.8 Å². The topological polar surface area (TPSA) is 37.4 Å². The van der Waals surface area contributed by atoms with Crippen molar-refractivity contribution in [2.75, 3.05) is 7.05 Å². The standard InChI is InChI=1S/C9H7NO2.Na.H/c1-10-8(11)6-4-2-3-5-7(6)9(10)12;;/h2-5H,1H3;;/q;+1;-1. The summed E-state index contributed by atoms with van der Waals surface area (Å²) in [5.74, 6) is -0.425. The largest absolute Gasteiger partial charge is 1.00 e. The van der Waals surface area contributed by atoms with Crippen LogP contribution in [0, 0.1) is 0 Å². The number of carbonyl (C=O) groups excluding carboxylic acids is 2. The summed E-state index contributed by atoms with van der Waals surface area (Å²) in [5, 5.41) is 0. The van der Waals surface area contributed by atoms with Gasteiger partial charge in [-0.05, 0) is 12.1 Å². The number of nitrogens with zero attached hydrogens (tertiary/aromatic N) is 1. The molecule has 4 heteroatoms. The van der Waals surface area contributed by atoms with E-state index >= 15 is 0 Å². The molecule has 1 aliphatic rings. The molecule has 62 valence electrons. The molecule has 0 saturated carbocycles. The van der Waals surface area contributed by atoms with E-state index in [4.69, 9.17) is 0 Å². The van der Waals surface area contributed by atoms with Crippen LogP contribution in [0.2, 0.25) is 0 Å². The zero-order valence-corrected chi connectivity index (χ0v) is 9.57. The fraction of sp³-hybridized carbons (Fsp3) is 0.111. The summed E-state index contributed by atoms with van der Waals surface area (Å²) in [4.78, 5) is 23.8. The van der Waals surface area contributed by atoms with E-state index < -0.39 is 0 Å². The van der Waals surface area contributed by atoms with Crippen LogP contribution in [0.15, 0.2) is 24.3 Å². The second-order valence-electron chi connectivity index (χ2n) is 2.71. The zero-order chi connectivity index (χ0) is 8.72. The maximum absolute atomic E-state index is 11.3. The molecule has 0 atom stereocenters. The fourth-order valence-electron chi connectivity index (χ4n) is 1.31. The van der Waals surface area contributed by atoms with Gasteiger partial charge < -0.3 is 1.43 Å². The second-order valence-corrected chi connectivity index (χ2v) is 2.71. The quantitative estimate of drug-likeness (QED) is 0.347. The van der Waals surface area contributed by atoms with Crippen LogP contribution in [-0.4, -0.2) is 23.8 Å². The predicted molar refractivity (Wildman–Crippen MR) is 44.0 cm³/mol. The van der Waals surface area contributed by atoms with Crippen molar-refractivity contribution in [2.45, 2.75) is 0 Å². The molecule has 0 N–H and O–H groups in total. The molecule has 1 aromatic carbocycles. The molecule has 0 aliphatic carbocycles. The average Bonchev–Trinajstić information content (AvgIpc) is 2.33. The molecule has 0 saturated heterocycles. The van der Waals surface area contributed by atoms with Crippen LogP contribution in [0.5, 0.6) is 0 Å². The molecule has 0 aromatic heterocycles. The summed E-state index contributed by atoms with van der Waals surface area (Å²) in [5.41, 5.74) is 1.01. The molecule has 0 unspecified atom stereocenters. The van der Waals surface area contributed by atoms with Gasteiger partial charge in [0, 0.05) is 7.05 Å². The molecule has 2 amide bonds. The van der Waals surface area contributed by atoms with Gasteiger partial charge in [-0.25, -0.2) is 0 Å². The summed E-state index contributed by atoms with van der Waals surface area (Å²) in [7, 11) is 1.49. The predicted octanol–water partition coefficient (Wildman–Crippen LogP) is -1.97. The van der Waals surface area contributed by atoms with E-state index in [1.165, 1.54) is 7.05 Å². The smallest absolute Gasteiger partial charge is 1.00 e. The molecule has 1 heterocycles. The third-order valence-electron chi connectivity index (χ3n) is 2.00. The Hall–Kier alpha value is -0.640. The van der Waals surface area contributed by atoms with Gasteiger partial charge in [0.05, 0.1) is 11.1 Å². The van der Waals surface area contributed by atoms with Gasteiger partial charge in [-0.2, -0.15) is 0 Å². The maximum Gasteiger partial charge on any atom is 1.00 e. The van der Waals surface area contributed by atoms with Crippen LogP contribution >= 0.6 is 0 Å². The molecule has 2 rings (SSSR count). The molecule has 0 bridgehead atoms. The van der Waals surface area contributed by atoms with Crippen molar-refractivity contribution < 1.29 is 40.6 Å². The summed E-state index contributed by atoms with van der Waals surface area (Å²) >= 11 is 0. The minimum Gasteiger partial charge on any atom is -1.00 e. The van der Waals surface area contributed by atoms with Crippen LogP contribution in [-0.2, 0) is 0 Å². The van der Waals surface area contributed by atoms with E-state index in [0.29, 0.717) is 11.1 Å². The SMILES string of the molecule is CN1C(=O)c2ccccc2C1=O.[H-].[Na+]. The van der Waals surface area contributed by atoms with Crippen molar-refractivity contribution in [3.05, 3.63) is 35.4 Å². The van der Waals surface area contributed by atoms with Gasteiger partial charge in [-0.1, -0.05) is 12.1 Å². The third-order valence-corrected chi connectivity index (χ3v) is 2.00.